The Hall–Kier alpha value is -3.92. The topological polar surface area (TPSA) is 106 Å². The number of carbonyl (C=O) groups is 3. The quantitative estimate of drug-likeness (QED) is 0.422. The van der Waals surface area contributed by atoms with E-state index in [1.165, 1.54) is 0 Å². The van der Waals surface area contributed by atoms with E-state index in [0.717, 1.165) is 21.4 Å². The van der Waals surface area contributed by atoms with Crippen molar-refractivity contribution in [3.05, 3.63) is 71.4 Å². The van der Waals surface area contributed by atoms with Crippen LogP contribution in [0.15, 0.2) is 54.7 Å². The first-order chi connectivity index (χ1) is 13.1. The van der Waals surface area contributed by atoms with Crippen molar-refractivity contribution in [2.45, 2.75) is 12.5 Å². The minimum absolute atomic E-state index is 0.100. The Balaban J connectivity index is 1.75. The Morgan fingerprint density at radius 1 is 1.07 bits per heavy atom. The predicted octanol–water partition coefficient (Wildman–Crippen LogP) is 1.97. The van der Waals surface area contributed by atoms with Gasteiger partial charge in [-0.05, 0) is 23.8 Å². The van der Waals surface area contributed by atoms with Gasteiger partial charge in [-0.25, -0.2) is 0 Å². The molecule has 1 atom stereocenters. The van der Waals surface area contributed by atoms with Gasteiger partial charge in [0, 0.05) is 23.5 Å². The van der Waals surface area contributed by atoms with Gasteiger partial charge in [0.1, 0.15) is 6.04 Å². The van der Waals surface area contributed by atoms with Gasteiger partial charge in [-0.3, -0.25) is 24.6 Å². The molecule has 7 heteroatoms. The number of hydrogen-bond acceptors (Lipinski definition) is 4. The van der Waals surface area contributed by atoms with Crippen LogP contribution in [0.5, 0.6) is 0 Å². The van der Waals surface area contributed by atoms with Crippen LogP contribution in [0.4, 0.5) is 0 Å². The molecule has 0 spiro atoms. The standard InChI is InChI=1S/C20H14N4O3/c21-11-23-18(25)17(9-12-10-22-16-8-4-3-5-13(12)16)24-19(26)14-6-1-2-7-15(14)20(24)27/h1-8,10,17,22H,9H2,(H,23,25). The van der Waals surface area contributed by atoms with Crippen molar-refractivity contribution >= 4 is 28.6 Å². The SMILES string of the molecule is N#CNC(=O)C(Cc1c[nH]c2ccccc12)N1C(=O)c2ccccc2C1=O. The Morgan fingerprint density at radius 3 is 2.37 bits per heavy atom. The molecule has 2 N–H and O–H groups in total. The van der Waals surface area contributed by atoms with Crippen LogP contribution in [0.3, 0.4) is 0 Å². The van der Waals surface area contributed by atoms with Crippen LogP contribution in [0.25, 0.3) is 10.9 Å². The molecule has 1 aliphatic heterocycles. The molecule has 1 aromatic heterocycles. The first-order valence-corrected chi connectivity index (χ1v) is 8.32. The van der Waals surface area contributed by atoms with Crippen LogP contribution in [0, 0.1) is 11.5 Å². The summed E-state index contributed by atoms with van der Waals surface area (Å²) in [6, 6.07) is 12.8. The van der Waals surface area contributed by atoms with E-state index in [0.29, 0.717) is 0 Å². The number of rotatable bonds is 4. The highest BCUT2D eigenvalue weighted by Gasteiger charge is 2.42. The van der Waals surface area contributed by atoms with Crippen LogP contribution in [0.2, 0.25) is 0 Å². The van der Waals surface area contributed by atoms with E-state index >= 15 is 0 Å². The van der Waals surface area contributed by atoms with Crippen molar-refractivity contribution in [1.29, 1.82) is 5.26 Å². The molecule has 2 heterocycles. The second kappa shape index (κ2) is 6.42. The number of H-pyrrole nitrogens is 1. The predicted molar refractivity (Wildman–Crippen MR) is 96.5 cm³/mol. The Morgan fingerprint density at radius 2 is 1.70 bits per heavy atom. The zero-order valence-corrected chi connectivity index (χ0v) is 14.1. The number of nitrogens with one attached hydrogen (secondary N) is 2. The summed E-state index contributed by atoms with van der Waals surface area (Å²) in [7, 11) is 0. The molecule has 2 aromatic carbocycles. The summed E-state index contributed by atoms with van der Waals surface area (Å²) in [4.78, 5) is 42.2. The molecular formula is C20H14N4O3. The van der Waals surface area contributed by atoms with Gasteiger partial charge < -0.3 is 4.98 Å². The second-order valence-corrected chi connectivity index (χ2v) is 6.21. The van der Waals surface area contributed by atoms with E-state index in [2.05, 4.69) is 10.3 Å². The third-order valence-electron chi connectivity index (χ3n) is 4.71. The van der Waals surface area contributed by atoms with Crippen molar-refractivity contribution < 1.29 is 14.4 Å². The minimum atomic E-state index is -1.13. The molecule has 1 unspecified atom stereocenters. The van der Waals surface area contributed by atoms with E-state index in [9.17, 15) is 14.4 Å². The van der Waals surface area contributed by atoms with E-state index in [1.807, 2.05) is 24.3 Å². The number of imide groups is 1. The van der Waals surface area contributed by atoms with Gasteiger partial charge in [-0.2, -0.15) is 5.26 Å². The molecule has 0 saturated carbocycles. The molecule has 1 aliphatic rings. The normalized spacial score (nSPS) is 14.1. The lowest BCUT2D eigenvalue weighted by Gasteiger charge is -2.24. The van der Waals surface area contributed by atoms with Crippen molar-refractivity contribution in [1.82, 2.24) is 15.2 Å². The summed E-state index contributed by atoms with van der Waals surface area (Å²) in [5.74, 6) is -1.76. The van der Waals surface area contributed by atoms with Crippen LogP contribution in [-0.4, -0.2) is 33.6 Å². The van der Waals surface area contributed by atoms with Gasteiger partial charge >= 0.3 is 0 Å². The summed E-state index contributed by atoms with van der Waals surface area (Å²) < 4.78 is 0. The van der Waals surface area contributed by atoms with E-state index in [1.54, 1.807) is 36.7 Å². The van der Waals surface area contributed by atoms with Gasteiger partial charge in [-0.1, -0.05) is 30.3 Å². The first kappa shape index (κ1) is 16.5. The van der Waals surface area contributed by atoms with E-state index in [4.69, 9.17) is 5.26 Å². The summed E-state index contributed by atoms with van der Waals surface area (Å²) in [6.07, 6.45) is 3.43. The van der Waals surface area contributed by atoms with Crippen molar-refractivity contribution in [3.63, 3.8) is 0 Å². The van der Waals surface area contributed by atoms with Crippen LogP contribution >= 0.6 is 0 Å². The highest BCUT2D eigenvalue weighted by Crippen LogP contribution is 2.27. The Bertz CT molecular complexity index is 1090. The number of hydrogen-bond donors (Lipinski definition) is 2. The largest absolute Gasteiger partial charge is 0.361 e. The van der Waals surface area contributed by atoms with E-state index in [-0.39, 0.29) is 17.5 Å². The molecular weight excluding hydrogens is 344 g/mol. The highest BCUT2D eigenvalue weighted by molar-refractivity contribution is 6.22. The lowest BCUT2D eigenvalue weighted by atomic mass is 10.0. The molecule has 0 fully saturated rings. The summed E-state index contributed by atoms with van der Waals surface area (Å²) >= 11 is 0. The molecule has 3 aromatic rings. The lowest BCUT2D eigenvalue weighted by Crippen LogP contribution is -2.49. The maximum Gasteiger partial charge on any atom is 0.262 e. The highest BCUT2D eigenvalue weighted by atomic mass is 16.2. The number of amides is 3. The molecule has 0 radical (unpaired) electrons. The zero-order chi connectivity index (χ0) is 19.0. The Kier molecular flexibility index (Phi) is 3.94. The van der Waals surface area contributed by atoms with Gasteiger partial charge in [0.2, 0.25) is 0 Å². The van der Waals surface area contributed by atoms with Gasteiger partial charge in [0.25, 0.3) is 17.7 Å². The number of aromatic amines is 1. The number of aromatic nitrogens is 1. The first-order valence-electron chi connectivity index (χ1n) is 8.32. The third-order valence-corrected chi connectivity index (χ3v) is 4.71. The fourth-order valence-electron chi connectivity index (χ4n) is 3.44. The molecule has 0 bridgehead atoms. The monoisotopic (exact) mass is 358 g/mol. The number of para-hydroxylation sites is 1. The second-order valence-electron chi connectivity index (χ2n) is 6.21. The molecule has 3 amide bonds. The van der Waals surface area contributed by atoms with Gasteiger partial charge in [-0.15, -0.1) is 0 Å². The Labute approximate surface area is 154 Å². The van der Waals surface area contributed by atoms with E-state index < -0.39 is 23.8 Å². The van der Waals surface area contributed by atoms with Crippen LogP contribution < -0.4 is 5.32 Å². The fraction of sp³-hybridized carbons (Fsp3) is 0.100. The van der Waals surface area contributed by atoms with Crippen LogP contribution in [0.1, 0.15) is 26.3 Å². The molecule has 4 rings (SSSR count). The van der Waals surface area contributed by atoms with Gasteiger partial charge in [0.05, 0.1) is 11.1 Å². The van der Waals surface area contributed by atoms with Crippen molar-refractivity contribution in [3.8, 4) is 6.19 Å². The molecule has 0 aliphatic carbocycles. The fourth-order valence-corrected chi connectivity index (χ4v) is 3.44. The third kappa shape index (κ3) is 2.64. The average molecular weight is 358 g/mol. The molecule has 0 saturated heterocycles. The smallest absolute Gasteiger partial charge is 0.262 e. The molecule has 7 nitrogen and oxygen atoms in total. The number of fused-ring (bicyclic) bond motifs is 2. The number of nitrogens with zero attached hydrogens (tertiary/aromatic N) is 2. The maximum absolute atomic E-state index is 12.8. The lowest BCUT2D eigenvalue weighted by molar-refractivity contribution is -0.123. The van der Waals surface area contributed by atoms with Crippen molar-refractivity contribution in [2.75, 3.05) is 0 Å². The number of nitriles is 1. The van der Waals surface area contributed by atoms with Crippen molar-refractivity contribution in [2.24, 2.45) is 0 Å². The van der Waals surface area contributed by atoms with Crippen LogP contribution in [-0.2, 0) is 11.2 Å². The zero-order valence-electron chi connectivity index (χ0n) is 14.1. The molecule has 27 heavy (non-hydrogen) atoms. The number of carbonyl (C=O) groups excluding carboxylic acids is 3. The van der Waals surface area contributed by atoms with Gasteiger partial charge in [0.15, 0.2) is 6.19 Å². The maximum atomic E-state index is 12.8. The molecule has 132 valence electrons. The summed E-state index contributed by atoms with van der Waals surface area (Å²) in [5.41, 5.74) is 2.18. The number of benzene rings is 2. The summed E-state index contributed by atoms with van der Waals surface area (Å²) in [6.45, 7) is 0. The summed E-state index contributed by atoms with van der Waals surface area (Å²) in [5, 5.41) is 11.8. The average Bonchev–Trinajstić information content (AvgIpc) is 3.20. The minimum Gasteiger partial charge on any atom is -0.361 e.